The highest BCUT2D eigenvalue weighted by Gasteiger charge is 2.43. The van der Waals surface area contributed by atoms with Crippen LogP contribution in [0.5, 0.6) is 0 Å². The van der Waals surface area contributed by atoms with E-state index in [2.05, 4.69) is 105 Å². The van der Waals surface area contributed by atoms with Crippen molar-refractivity contribution in [3.05, 3.63) is 58.9 Å². The van der Waals surface area contributed by atoms with Crippen LogP contribution >= 0.6 is 0 Å². The van der Waals surface area contributed by atoms with Gasteiger partial charge >= 0.3 is 0 Å². The van der Waals surface area contributed by atoms with E-state index in [0.717, 1.165) is 25.0 Å². The standard InChI is InChI=1S/C28H46N2O.C10H18/c1-9-15-29-18(3)25-20(24(31)10-2)16-23-26(25)21(27(4,5)6)17-22(30-23)19-11-13-28(7,8)14-12-19;1-8(2)6-7-10(5)9(3)4/h16-19,22,25,29-30H,9-15H2,1-8H3;10H,1,3,6-7H2,2,4-5H3. The predicted octanol–water partition coefficient (Wildman–Crippen LogP) is 9.88. The maximum atomic E-state index is 13.0. The molecule has 1 heterocycles. The molecule has 0 saturated heterocycles. The first-order chi connectivity index (χ1) is 19.0. The second-order valence-electron chi connectivity index (χ2n) is 15.2. The Kier molecular flexibility index (Phi) is 13.0. The lowest BCUT2D eigenvalue weighted by Crippen LogP contribution is -2.43. The Hall–Kier alpha value is -1.87. The molecule has 3 nitrogen and oxygen atoms in total. The lowest BCUT2D eigenvalue weighted by molar-refractivity contribution is -0.115. The zero-order chi connectivity index (χ0) is 31.1. The molecule has 2 aliphatic carbocycles. The average molecular weight is 565 g/mol. The van der Waals surface area contributed by atoms with Crippen LogP contribution in [-0.2, 0) is 4.79 Å². The third kappa shape index (κ3) is 9.84. The molecule has 232 valence electrons. The number of Topliss-reactive ketones (excluding diaryl/α,β-unsaturated/α-hetero) is 1. The number of ketones is 1. The largest absolute Gasteiger partial charge is 0.378 e. The van der Waals surface area contributed by atoms with Gasteiger partial charge in [0.15, 0.2) is 5.78 Å². The summed E-state index contributed by atoms with van der Waals surface area (Å²) in [7, 11) is 0. The van der Waals surface area contributed by atoms with Crippen LogP contribution in [0.2, 0.25) is 0 Å². The minimum atomic E-state index is 0.0517. The number of hydrogen-bond donors (Lipinski definition) is 2. The molecular formula is C38H64N2O. The summed E-state index contributed by atoms with van der Waals surface area (Å²) in [5.74, 6) is 1.75. The third-order valence-electron chi connectivity index (χ3n) is 9.60. The SMILES string of the molecule is C=C(C)CCC(C)C(=C)C.CCCNC(C)C1C(C(=O)CC)=CC2=C1C(C(C)(C)C)=CC(C1CCC(C)(C)CC1)N2. The number of carbonyl (C=O) groups is 1. The molecule has 0 aromatic rings. The van der Waals surface area contributed by atoms with E-state index in [9.17, 15) is 4.79 Å². The topological polar surface area (TPSA) is 41.1 Å². The van der Waals surface area contributed by atoms with Crippen LogP contribution < -0.4 is 10.6 Å². The number of hydrogen-bond acceptors (Lipinski definition) is 3. The van der Waals surface area contributed by atoms with Crippen molar-refractivity contribution in [1.29, 1.82) is 0 Å². The second kappa shape index (κ2) is 15.0. The van der Waals surface area contributed by atoms with Gasteiger partial charge in [0.25, 0.3) is 0 Å². The fourth-order valence-electron chi connectivity index (χ4n) is 6.43. The molecular weight excluding hydrogens is 500 g/mol. The number of carbonyl (C=O) groups excluding carboxylic acids is 1. The molecule has 3 rings (SSSR count). The quantitative estimate of drug-likeness (QED) is 0.245. The van der Waals surface area contributed by atoms with Gasteiger partial charge < -0.3 is 10.6 Å². The first-order valence-electron chi connectivity index (χ1n) is 16.5. The summed E-state index contributed by atoms with van der Waals surface area (Å²) >= 11 is 0. The van der Waals surface area contributed by atoms with E-state index in [4.69, 9.17) is 0 Å². The zero-order valence-corrected chi connectivity index (χ0v) is 28.7. The van der Waals surface area contributed by atoms with E-state index >= 15 is 0 Å². The molecule has 0 amide bonds. The van der Waals surface area contributed by atoms with Crippen molar-refractivity contribution in [1.82, 2.24) is 10.6 Å². The van der Waals surface area contributed by atoms with Crippen LogP contribution in [-0.4, -0.2) is 24.4 Å². The van der Waals surface area contributed by atoms with E-state index in [1.54, 1.807) is 0 Å². The number of allylic oxidation sites excluding steroid dienone is 4. The highest BCUT2D eigenvalue weighted by Crippen LogP contribution is 2.48. The normalized spacial score (nSPS) is 23.8. The summed E-state index contributed by atoms with van der Waals surface area (Å²) in [5, 5.41) is 7.60. The van der Waals surface area contributed by atoms with Gasteiger partial charge in [0.2, 0.25) is 0 Å². The molecule has 0 radical (unpaired) electrons. The molecule has 2 N–H and O–H groups in total. The van der Waals surface area contributed by atoms with Gasteiger partial charge in [0.1, 0.15) is 0 Å². The maximum absolute atomic E-state index is 13.0. The zero-order valence-electron chi connectivity index (χ0n) is 28.7. The van der Waals surface area contributed by atoms with Crippen molar-refractivity contribution in [3.63, 3.8) is 0 Å². The van der Waals surface area contributed by atoms with E-state index in [1.807, 2.05) is 6.92 Å². The number of nitrogens with one attached hydrogen (secondary N) is 2. The van der Waals surface area contributed by atoms with Gasteiger partial charge in [-0.2, -0.15) is 0 Å². The van der Waals surface area contributed by atoms with Gasteiger partial charge in [0, 0.05) is 35.7 Å². The number of rotatable bonds is 11. The van der Waals surface area contributed by atoms with E-state index in [1.165, 1.54) is 60.1 Å². The summed E-state index contributed by atoms with van der Waals surface area (Å²) in [6.07, 6.45) is 13.9. The molecule has 0 spiro atoms. The van der Waals surface area contributed by atoms with Crippen molar-refractivity contribution in [3.8, 4) is 0 Å². The van der Waals surface area contributed by atoms with Crippen LogP contribution in [0.4, 0.5) is 0 Å². The van der Waals surface area contributed by atoms with Gasteiger partial charge in [-0.1, -0.05) is 79.2 Å². The van der Waals surface area contributed by atoms with Crippen LogP contribution in [0.25, 0.3) is 0 Å². The van der Waals surface area contributed by atoms with E-state index in [-0.39, 0.29) is 23.2 Å². The fraction of sp³-hybridized carbons (Fsp3) is 0.711. The van der Waals surface area contributed by atoms with Gasteiger partial charge in [-0.05, 0) is 112 Å². The second-order valence-corrected chi connectivity index (χ2v) is 15.2. The van der Waals surface area contributed by atoms with Crippen LogP contribution in [0, 0.1) is 28.6 Å². The summed E-state index contributed by atoms with van der Waals surface area (Å²) in [4.78, 5) is 13.0. The highest BCUT2D eigenvalue weighted by molar-refractivity contribution is 5.98. The minimum Gasteiger partial charge on any atom is -0.378 e. The van der Waals surface area contributed by atoms with Crippen molar-refractivity contribution in [2.45, 2.75) is 140 Å². The Labute approximate surface area is 254 Å². The number of dihydropyridines is 1. The Morgan fingerprint density at radius 1 is 1.12 bits per heavy atom. The summed E-state index contributed by atoms with van der Waals surface area (Å²) in [6, 6.07) is 0.616. The average Bonchev–Trinajstić information content (AvgIpc) is 3.28. The molecule has 1 fully saturated rings. The van der Waals surface area contributed by atoms with E-state index < -0.39 is 0 Å². The third-order valence-corrected chi connectivity index (χ3v) is 9.60. The van der Waals surface area contributed by atoms with Gasteiger partial charge in [-0.25, -0.2) is 0 Å². The maximum Gasteiger partial charge on any atom is 0.159 e. The van der Waals surface area contributed by atoms with E-state index in [0.29, 0.717) is 29.7 Å². The predicted molar refractivity (Wildman–Crippen MR) is 180 cm³/mol. The molecule has 0 aromatic carbocycles. The van der Waals surface area contributed by atoms with Crippen molar-refractivity contribution in [2.24, 2.45) is 28.6 Å². The smallest absolute Gasteiger partial charge is 0.159 e. The molecule has 0 aromatic heterocycles. The minimum absolute atomic E-state index is 0.0517. The van der Waals surface area contributed by atoms with Crippen molar-refractivity contribution < 1.29 is 4.79 Å². The first-order valence-corrected chi connectivity index (χ1v) is 16.5. The first kappa shape index (κ1) is 35.3. The molecule has 3 aliphatic rings. The van der Waals surface area contributed by atoms with Gasteiger partial charge in [-0.15, -0.1) is 6.58 Å². The Balaban J connectivity index is 0.000000503. The molecule has 1 saturated carbocycles. The fourth-order valence-corrected chi connectivity index (χ4v) is 6.43. The highest BCUT2D eigenvalue weighted by atomic mass is 16.1. The Bertz CT molecular complexity index is 1020. The molecule has 1 aliphatic heterocycles. The van der Waals surface area contributed by atoms with Crippen molar-refractivity contribution >= 4 is 5.78 Å². The lowest BCUT2D eigenvalue weighted by atomic mass is 9.68. The Morgan fingerprint density at radius 3 is 2.22 bits per heavy atom. The van der Waals surface area contributed by atoms with Gasteiger partial charge in [-0.3, -0.25) is 4.79 Å². The van der Waals surface area contributed by atoms with Crippen LogP contribution in [0.1, 0.15) is 128 Å². The monoisotopic (exact) mass is 565 g/mol. The summed E-state index contributed by atoms with van der Waals surface area (Å²) in [6.45, 7) is 33.4. The molecule has 41 heavy (non-hydrogen) atoms. The van der Waals surface area contributed by atoms with Crippen LogP contribution in [0.3, 0.4) is 0 Å². The van der Waals surface area contributed by atoms with Gasteiger partial charge in [0.05, 0.1) is 0 Å². The summed E-state index contributed by atoms with van der Waals surface area (Å²) in [5.41, 5.74) is 8.11. The molecule has 4 unspecified atom stereocenters. The molecule has 4 atom stereocenters. The Morgan fingerprint density at radius 2 is 1.73 bits per heavy atom. The summed E-state index contributed by atoms with van der Waals surface area (Å²) < 4.78 is 0. The van der Waals surface area contributed by atoms with Crippen molar-refractivity contribution in [2.75, 3.05) is 6.54 Å². The lowest BCUT2D eigenvalue weighted by Gasteiger charge is -2.42. The van der Waals surface area contributed by atoms with Crippen LogP contribution in [0.15, 0.2) is 58.9 Å². The molecule has 0 bridgehead atoms. The molecule has 3 heteroatoms.